The molecule has 0 aromatic heterocycles. The van der Waals surface area contributed by atoms with Crippen LogP contribution in [0.3, 0.4) is 0 Å². The maximum atomic E-state index is 13.8. The first kappa shape index (κ1) is 22.0. The lowest BCUT2D eigenvalue weighted by atomic mass is 9.82. The lowest BCUT2D eigenvalue weighted by molar-refractivity contribution is 0.281. The second-order valence-corrected chi connectivity index (χ2v) is 9.19. The van der Waals surface area contributed by atoms with Crippen LogP contribution >= 0.6 is 0 Å². The molecule has 2 heterocycles. The zero-order chi connectivity index (χ0) is 24.2. The van der Waals surface area contributed by atoms with E-state index in [2.05, 4.69) is 32.2 Å². The van der Waals surface area contributed by atoms with Crippen molar-refractivity contribution < 1.29 is 24.1 Å². The van der Waals surface area contributed by atoms with Gasteiger partial charge in [0.2, 0.25) is 0 Å². The van der Waals surface area contributed by atoms with Crippen molar-refractivity contribution in [2.45, 2.75) is 32.9 Å². The SMILES string of the molecule is COc1c(O)ccc2c1-c1ccc3c(c1C(=Cc1ccc(F)cc1CO)O2)C(C)=CC(C)(C)N3. The van der Waals surface area contributed by atoms with Crippen LogP contribution in [-0.2, 0) is 6.61 Å². The van der Waals surface area contributed by atoms with Crippen LogP contribution in [0.5, 0.6) is 17.2 Å². The van der Waals surface area contributed by atoms with E-state index in [-0.39, 0.29) is 17.9 Å². The van der Waals surface area contributed by atoms with Crippen LogP contribution in [0.15, 0.2) is 48.5 Å². The van der Waals surface area contributed by atoms with Crippen molar-refractivity contribution in [2.24, 2.45) is 0 Å². The van der Waals surface area contributed by atoms with E-state index in [4.69, 9.17) is 9.47 Å². The molecule has 0 fully saturated rings. The van der Waals surface area contributed by atoms with Gasteiger partial charge in [-0.3, -0.25) is 0 Å². The average Bonchev–Trinajstić information content (AvgIpc) is 2.79. The molecule has 5 nitrogen and oxygen atoms in total. The summed E-state index contributed by atoms with van der Waals surface area (Å²) in [4.78, 5) is 0. The van der Waals surface area contributed by atoms with Crippen molar-refractivity contribution in [3.8, 4) is 28.4 Å². The quantitative estimate of drug-likeness (QED) is 0.435. The van der Waals surface area contributed by atoms with E-state index in [1.54, 1.807) is 12.1 Å². The molecule has 0 saturated carbocycles. The Bertz CT molecular complexity index is 1390. The van der Waals surface area contributed by atoms with Gasteiger partial charge in [0.1, 0.15) is 17.3 Å². The Hall–Kier alpha value is -3.77. The number of rotatable bonds is 3. The molecular formula is C28H26FNO4. The fraction of sp³-hybridized carbons (Fsp3) is 0.214. The zero-order valence-corrected chi connectivity index (χ0v) is 19.5. The number of ether oxygens (including phenoxy) is 2. The zero-order valence-electron chi connectivity index (χ0n) is 19.5. The number of aromatic hydroxyl groups is 1. The van der Waals surface area contributed by atoms with Gasteiger partial charge in [-0.2, -0.15) is 0 Å². The van der Waals surface area contributed by atoms with E-state index in [0.717, 1.165) is 28.0 Å². The summed E-state index contributed by atoms with van der Waals surface area (Å²) in [6, 6.07) is 11.6. The molecule has 5 rings (SSSR count). The largest absolute Gasteiger partial charge is 0.504 e. The Balaban J connectivity index is 1.84. The Morgan fingerprint density at radius 1 is 1.09 bits per heavy atom. The summed E-state index contributed by atoms with van der Waals surface area (Å²) in [5, 5.41) is 23.8. The summed E-state index contributed by atoms with van der Waals surface area (Å²) in [6.45, 7) is 5.97. The standard InChI is InChI=1S/C28H26FNO4/c1-15-13-28(2,3)30-20-8-7-19-25(24(15)20)23(12-16-5-6-18(29)11-17(16)14-31)34-22-10-9-21(32)27(33-4)26(19)22/h5-13,30-32H,14H2,1-4H3. The average molecular weight is 460 g/mol. The summed E-state index contributed by atoms with van der Waals surface area (Å²) in [7, 11) is 1.51. The highest BCUT2D eigenvalue weighted by molar-refractivity contribution is 6.02. The van der Waals surface area contributed by atoms with Gasteiger partial charge in [-0.25, -0.2) is 4.39 Å². The molecule has 0 amide bonds. The van der Waals surface area contributed by atoms with Crippen LogP contribution in [0.25, 0.3) is 28.5 Å². The monoisotopic (exact) mass is 459 g/mol. The van der Waals surface area contributed by atoms with Crippen LogP contribution in [0.2, 0.25) is 0 Å². The fourth-order valence-corrected chi connectivity index (χ4v) is 4.94. The smallest absolute Gasteiger partial charge is 0.172 e. The van der Waals surface area contributed by atoms with Crippen LogP contribution in [0.4, 0.5) is 10.1 Å². The summed E-state index contributed by atoms with van der Waals surface area (Å²) in [5.41, 5.74) is 6.25. The van der Waals surface area contributed by atoms with Gasteiger partial charge in [-0.1, -0.05) is 18.2 Å². The lowest BCUT2D eigenvalue weighted by Gasteiger charge is -2.35. The predicted molar refractivity (Wildman–Crippen MR) is 132 cm³/mol. The van der Waals surface area contributed by atoms with Gasteiger partial charge >= 0.3 is 0 Å². The van der Waals surface area contributed by atoms with Crippen molar-refractivity contribution in [2.75, 3.05) is 12.4 Å². The molecule has 34 heavy (non-hydrogen) atoms. The molecule has 3 N–H and O–H groups in total. The molecule has 174 valence electrons. The van der Waals surface area contributed by atoms with E-state index < -0.39 is 5.82 Å². The minimum absolute atomic E-state index is 0.0218. The van der Waals surface area contributed by atoms with E-state index >= 15 is 0 Å². The number of methoxy groups -OCH3 is 1. The van der Waals surface area contributed by atoms with Gasteiger partial charge in [0.05, 0.1) is 24.8 Å². The van der Waals surface area contributed by atoms with E-state index in [1.807, 2.05) is 18.2 Å². The Kier molecular flexibility index (Phi) is 5.14. The number of aliphatic hydroxyl groups excluding tert-OH is 1. The third-order valence-corrected chi connectivity index (χ3v) is 6.23. The number of halogens is 1. The third kappa shape index (κ3) is 3.51. The first-order valence-electron chi connectivity index (χ1n) is 11.1. The van der Waals surface area contributed by atoms with Crippen molar-refractivity contribution in [1.82, 2.24) is 0 Å². The molecule has 0 aliphatic carbocycles. The topological polar surface area (TPSA) is 71.0 Å². The molecule has 0 unspecified atom stereocenters. The van der Waals surface area contributed by atoms with Crippen molar-refractivity contribution in [1.29, 1.82) is 0 Å². The molecule has 0 atom stereocenters. The Labute approximate surface area is 197 Å². The van der Waals surface area contributed by atoms with Gasteiger partial charge in [0.15, 0.2) is 11.5 Å². The van der Waals surface area contributed by atoms with Crippen molar-refractivity contribution in [3.63, 3.8) is 0 Å². The summed E-state index contributed by atoms with van der Waals surface area (Å²) in [5.74, 6) is 1.04. The molecule has 3 aromatic rings. The Morgan fingerprint density at radius 3 is 2.62 bits per heavy atom. The summed E-state index contributed by atoms with van der Waals surface area (Å²) < 4.78 is 25.8. The molecule has 6 heteroatoms. The Morgan fingerprint density at radius 2 is 1.88 bits per heavy atom. The van der Waals surface area contributed by atoms with Crippen LogP contribution in [0.1, 0.15) is 43.0 Å². The number of benzene rings is 3. The van der Waals surface area contributed by atoms with Gasteiger partial charge in [-0.15, -0.1) is 0 Å². The van der Waals surface area contributed by atoms with Crippen molar-refractivity contribution >= 4 is 23.1 Å². The van der Waals surface area contributed by atoms with Crippen molar-refractivity contribution in [3.05, 3.63) is 76.6 Å². The number of hydrogen-bond donors (Lipinski definition) is 3. The second-order valence-electron chi connectivity index (χ2n) is 9.19. The highest BCUT2D eigenvalue weighted by Crippen LogP contribution is 2.54. The molecule has 0 bridgehead atoms. The van der Waals surface area contributed by atoms with Gasteiger partial charge < -0.3 is 25.0 Å². The first-order chi connectivity index (χ1) is 16.2. The van der Waals surface area contributed by atoms with Crippen LogP contribution in [0, 0.1) is 5.82 Å². The first-order valence-corrected chi connectivity index (χ1v) is 11.1. The minimum Gasteiger partial charge on any atom is -0.504 e. The number of phenolic OH excluding ortho intramolecular Hbond substituents is 1. The lowest BCUT2D eigenvalue weighted by Crippen LogP contribution is -2.32. The van der Waals surface area contributed by atoms with E-state index in [1.165, 1.54) is 25.3 Å². The molecule has 0 spiro atoms. The number of phenols is 1. The van der Waals surface area contributed by atoms with E-state index in [9.17, 15) is 14.6 Å². The molecule has 0 saturated heterocycles. The number of aliphatic hydroxyl groups is 1. The highest BCUT2D eigenvalue weighted by Gasteiger charge is 2.33. The molecule has 0 radical (unpaired) electrons. The van der Waals surface area contributed by atoms with Gasteiger partial charge in [-0.05, 0) is 73.9 Å². The van der Waals surface area contributed by atoms with E-state index in [0.29, 0.717) is 33.9 Å². The predicted octanol–water partition coefficient (Wildman–Crippen LogP) is 6.20. The maximum Gasteiger partial charge on any atom is 0.172 e. The van der Waals surface area contributed by atoms with Crippen LogP contribution in [-0.4, -0.2) is 22.9 Å². The fourth-order valence-electron chi connectivity index (χ4n) is 4.94. The molecule has 2 aliphatic heterocycles. The minimum atomic E-state index is -0.413. The number of allylic oxidation sites excluding steroid dienone is 1. The molecular weight excluding hydrogens is 433 g/mol. The summed E-state index contributed by atoms with van der Waals surface area (Å²) >= 11 is 0. The highest BCUT2D eigenvalue weighted by atomic mass is 19.1. The molecule has 2 aliphatic rings. The molecule has 3 aromatic carbocycles. The third-order valence-electron chi connectivity index (χ3n) is 6.23. The van der Waals surface area contributed by atoms with Gasteiger partial charge in [0.25, 0.3) is 0 Å². The maximum absolute atomic E-state index is 13.8. The summed E-state index contributed by atoms with van der Waals surface area (Å²) in [6.07, 6.45) is 3.99. The number of nitrogens with one attached hydrogen (secondary N) is 1. The second kappa shape index (κ2) is 7.92. The normalized spacial score (nSPS) is 16.5. The van der Waals surface area contributed by atoms with Crippen LogP contribution < -0.4 is 14.8 Å². The number of fused-ring (bicyclic) bond motifs is 5. The number of hydrogen-bond acceptors (Lipinski definition) is 5. The van der Waals surface area contributed by atoms with Gasteiger partial charge in [0, 0.05) is 22.4 Å². The number of anilines is 1.